The van der Waals surface area contributed by atoms with E-state index in [2.05, 4.69) is 38.0 Å². The fourth-order valence-electron chi connectivity index (χ4n) is 2.31. The second-order valence-electron chi connectivity index (χ2n) is 6.16. The van der Waals surface area contributed by atoms with E-state index in [1.165, 1.54) is 25.7 Å². The van der Waals surface area contributed by atoms with E-state index in [1.807, 2.05) is 0 Å². The van der Waals surface area contributed by atoms with Crippen LogP contribution in [0.3, 0.4) is 0 Å². The smallest absolute Gasteiger partial charge is 0.0702 e. The lowest BCUT2D eigenvalue weighted by atomic mass is 10.1. The molecule has 0 aromatic rings. The largest absolute Gasteiger partial charge is 0.377 e. The highest BCUT2D eigenvalue weighted by Gasteiger charge is 2.18. The first-order valence-electron chi connectivity index (χ1n) is 7.62. The third kappa shape index (κ3) is 6.72. The van der Waals surface area contributed by atoms with Crippen LogP contribution in [0, 0.1) is 5.92 Å². The molecule has 1 aliphatic heterocycles. The maximum atomic E-state index is 5.79. The Bertz CT molecular complexity index is 203. The minimum Gasteiger partial charge on any atom is -0.377 e. The minimum atomic E-state index is 0.460. The molecule has 2 atom stereocenters. The molecule has 0 saturated carbocycles. The molecule has 3 nitrogen and oxygen atoms in total. The van der Waals surface area contributed by atoms with Crippen molar-refractivity contribution in [3.63, 3.8) is 0 Å². The summed E-state index contributed by atoms with van der Waals surface area (Å²) >= 11 is 0. The molecule has 0 amide bonds. The predicted octanol–water partition coefficient (Wildman–Crippen LogP) is 2.51. The van der Waals surface area contributed by atoms with E-state index in [1.54, 1.807) is 0 Å². The Balaban J connectivity index is 2.09. The molecule has 0 aliphatic carbocycles. The SMILES string of the molecule is CC(C)CCNCC(C)N(C)CC1CCCCO1. The van der Waals surface area contributed by atoms with Crippen LogP contribution in [-0.4, -0.2) is 50.3 Å². The average molecular weight is 256 g/mol. The van der Waals surface area contributed by atoms with Gasteiger partial charge in [-0.15, -0.1) is 0 Å². The molecule has 0 spiro atoms. The van der Waals surface area contributed by atoms with Crippen molar-refractivity contribution in [3.05, 3.63) is 0 Å². The summed E-state index contributed by atoms with van der Waals surface area (Å²) in [7, 11) is 2.22. The first-order chi connectivity index (χ1) is 8.59. The van der Waals surface area contributed by atoms with Gasteiger partial charge in [0.2, 0.25) is 0 Å². The summed E-state index contributed by atoms with van der Waals surface area (Å²) in [5.74, 6) is 0.793. The van der Waals surface area contributed by atoms with E-state index in [0.29, 0.717) is 12.1 Å². The van der Waals surface area contributed by atoms with Crippen LogP contribution in [0.2, 0.25) is 0 Å². The van der Waals surface area contributed by atoms with Gasteiger partial charge in [0, 0.05) is 25.7 Å². The van der Waals surface area contributed by atoms with Gasteiger partial charge in [0.25, 0.3) is 0 Å². The number of hydrogen-bond donors (Lipinski definition) is 1. The van der Waals surface area contributed by atoms with E-state index >= 15 is 0 Å². The zero-order valence-electron chi connectivity index (χ0n) is 12.7. The quantitative estimate of drug-likeness (QED) is 0.675. The number of hydrogen-bond acceptors (Lipinski definition) is 3. The van der Waals surface area contributed by atoms with Crippen molar-refractivity contribution in [2.24, 2.45) is 5.92 Å². The highest BCUT2D eigenvalue weighted by Crippen LogP contribution is 2.14. The highest BCUT2D eigenvalue weighted by atomic mass is 16.5. The highest BCUT2D eigenvalue weighted by molar-refractivity contribution is 4.72. The monoisotopic (exact) mass is 256 g/mol. The molecule has 18 heavy (non-hydrogen) atoms. The molecular formula is C15H32N2O. The third-order valence-corrected chi connectivity index (χ3v) is 3.86. The Kier molecular flexibility index (Phi) is 7.87. The molecule has 1 rings (SSSR count). The van der Waals surface area contributed by atoms with Gasteiger partial charge in [-0.1, -0.05) is 13.8 Å². The van der Waals surface area contributed by atoms with Gasteiger partial charge < -0.3 is 10.1 Å². The van der Waals surface area contributed by atoms with Crippen molar-refractivity contribution < 1.29 is 4.74 Å². The molecule has 1 saturated heterocycles. The molecule has 108 valence electrons. The molecular weight excluding hydrogens is 224 g/mol. The van der Waals surface area contributed by atoms with Crippen LogP contribution in [0.5, 0.6) is 0 Å². The Morgan fingerprint density at radius 2 is 2.06 bits per heavy atom. The fourth-order valence-corrected chi connectivity index (χ4v) is 2.31. The third-order valence-electron chi connectivity index (χ3n) is 3.86. The summed E-state index contributed by atoms with van der Waals surface area (Å²) in [6.07, 6.45) is 5.54. The molecule has 0 aromatic heterocycles. The average Bonchev–Trinajstić information content (AvgIpc) is 2.35. The zero-order chi connectivity index (χ0) is 13.4. The zero-order valence-corrected chi connectivity index (χ0v) is 12.7. The molecule has 1 aliphatic rings. The molecule has 2 unspecified atom stereocenters. The van der Waals surface area contributed by atoms with Crippen molar-refractivity contribution in [3.8, 4) is 0 Å². The van der Waals surface area contributed by atoms with Crippen molar-refractivity contribution >= 4 is 0 Å². The normalized spacial score (nSPS) is 22.7. The molecule has 0 bridgehead atoms. The number of ether oxygens (including phenoxy) is 1. The molecule has 0 aromatic carbocycles. The van der Waals surface area contributed by atoms with Crippen molar-refractivity contribution in [1.29, 1.82) is 0 Å². The van der Waals surface area contributed by atoms with Crippen LogP contribution in [0.25, 0.3) is 0 Å². The lowest BCUT2D eigenvalue weighted by molar-refractivity contribution is -0.00688. The van der Waals surface area contributed by atoms with Gasteiger partial charge in [0.05, 0.1) is 6.10 Å². The van der Waals surface area contributed by atoms with Crippen molar-refractivity contribution in [1.82, 2.24) is 10.2 Å². The van der Waals surface area contributed by atoms with E-state index in [4.69, 9.17) is 4.74 Å². The fraction of sp³-hybridized carbons (Fsp3) is 1.00. The van der Waals surface area contributed by atoms with Gasteiger partial charge in [-0.25, -0.2) is 0 Å². The standard InChI is InChI=1S/C15H32N2O/c1-13(2)8-9-16-11-14(3)17(4)12-15-7-5-6-10-18-15/h13-16H,5-12H2,1-4H3. The summed E-state index contributed by atoms with van der Waals surface area (Å²) in [6.45, 7) is 11.1. The van der Waals surface area contributed by atoms with E-state index in [0.717, 1.165) is 32.2 Å². The summed E-state index contributed by atoms with van der Waals surface area (Å²) in [5.41, 5.74) is 0. The van der Waals surface area contributed by atoms with Crippen LogP contribution in [0.15, 0.2) is 0 Å². The molecule has 1 N–H and O–H groups in total. The van der Waals surface area contributed by atoms with Gasteiger partial charge in [-0.2, -0.15) is 0 Å². The maximum absolute atomic E-state index is 5.79. The minimum absolute atomic E-state index is 0.460. The Morgan fingerprint density at radius 3 is 2.67 bits per heavy atom. The van der Waals surface area contributed by atoms with E-state index < -0.39 is 0 Å². The summed E-state index contributed by atoms with van der Waals surface area (Å²) in [6, 6.07) is 0.586. The maximum Gasteiger partial charge on any atom is 0.0702 e. The Hall–Kier alpha value is -0.120. The first-order valence-corrected chi connectivity index (χ1v) is 7.62. The Morgan fingerprint density at radius 1 is 1.28 bits per heavy atom. The summed E-state index contributed by atoms with van der Waals surface area (Å²) in [5, 5.41) is 3.55. The number of rotatable bonds is 8. The second kappa shape index (κ2) is 8.89. The molecule has 1 heterocycles. The van der Waals surface area contributed by atoms with Crippen LogP contribution in [-0.2, 0) is 4.74 Å². The predicted molar refractivity (Wildman–Crippen MR) is 78.0 cm³/mol. The summed E-state index contributed by atoms with van der Waals surface area (Å²) in [4.78, 5) is 2.43. The Labute approximate surface area is 113 Å². The van der Waals surface area contributed by atoms with E-state index in [9.17, 15) is 0 Å². The topological polar surface area (TPSA) is 24.5 Å². The lowest BCUT2D eigenvalue weighted by Crippen LogP contribution is -2.43. The van der Waals surface area contributed by atoms with E-state index in [-0.39, 0.29) is 0 Å². The van der Waals surface area contributed by atoms with Gasteiger partial charge in [0.15, 0.2) is 0 Å². The number of nitrogens with one attached hydrogen (secondary N) is 1. The van der Waals surface area contributed by atoms with Gasteiger partial charge in [-0.05, 0) is 52.1 Å². The van der Waals surface area contributed by atoms with Crippen LogP contribution >= 0.6 is 0 Å². The van der Waals surface area contributed by atoms with Crippen molar-refractivity contribution in [2.45, 2.75) is 58.6 Å². The second-order valence-corrected chi connectivity index (χ2v) is 6.16. The van der Waals surface area contributed by atoms with Crippen molar-refractivity contribution in [2.75, 3.05) is 33.3 Å². The molecule has 1 fully saturated rings. The van der Waals surface area contributed by atoms with Gasteiger partial charge >= 0.3 is 0 Å². The van der Waals surface area contributed by atoms with Crippen LogP contribution < -0.4 is 5.32 Å². The first kappa shape index (κ1) is 15.9. The van der Waals surface area contributed by atoms with Gasteiger partial charge in [-0.3, -0.25) is 4.90 Å². The lowest BCUT2D eigenvalue weighted by Gasteiger charge is -2.31. The molecule has 3 heteroatoms. The number of likely N-dealkylation sites (N-methyl/N-ethyl adjacent to an activating group) is 1. The van der Waals surface area contributed by atoms with Crippen LogP contribution in [0.1, 0.15) is 46.5 Å². The van der Waals surface area contributed by atoms with Gasteiger partial charge in [0.1, 0.15) is 0 Å². The molecule has 0 radical (unpaired) electrons. The number of nitrogens with zero attached hydrogens (tertiary/aromatic N) is 1. The summed E-state index contributed by atoms with van der Waals surface area (Å²) < 4.78 is 5.79. The van der Waals surface area contributed by atoms with Crippen LogP contribution in [0.4, 0.5) is 0 Å².